The molecule has 0 bridgehead atoms. The molecule has 2 aromatic carbocycles. The summed E-state index contributed by atoms with van der Waals surface area (Å²) in [6.07, 6.45) is 2.36. The van der Waals surface area contributed by atoms with Crippen molar-refractivity contribution in [1.29, 1.82) is 0 Å². The van der Waals surface area contributed by atoms with Gasteiger partial charge in [0.2, 0.25) is 0 Å². The fourth-order valence-corrected chi connectivity index (χ4v) is 3.94. The van der Waals surface area contributed by atoms with Crippen LogP contribution in [0.2, 0.25) is 0 Å². The van der Waals surface area contributed by atoms with E-state index in [4.69, 9.17) is 9.47 Å². The average Bonchev–Trinajstić information content (AvgIpc) is 2.74. The summed E-state index contributed by atoms with van der Waals surface area (Å²) in [5.74, 6) is 1.66. The summed E-state index contributed by atoms with van der Waals surface area (Å²) in [4.78, 5) is 2.50. The van der Waals surface area contributed by atoms with E-state index in [0.29, 0.717) is 12.6 Å². The molecule has 0 spiro atoms. The molecule has 1 atom stereocenters. The summed E-state index contributed by atoms with van der Waals surface area (Å²) < 4.78 is 11.4. The first-order valence-corrected chi connectivity index (χ1v) is 9.71. The van der Waals surface area contributed by atoms with Gasteiger partial charge in [0, 0.05) is 44.6 Å². The van der Waals surface area contributed by atoms with Crippen molar-refractivity contribution in [3.8, 4) is 5.75 Å². The van der Waals surface area contributed by atoms with Gasteiger partial charge in [-0.3, -0.25) is 0 Å². The van der Waals surface area contributed by atoms with Gasteiger partial charge in [0.15, 0.2) is 0 Å². The number of nitrogens with one attached hydrogen (secondary N) is 1. The summed E-state index contributed by atoms with van der Waals surface area (Å²) in [6, 6.07) is 19.4. The zero-order valence-corrected chi connectivity index (χ0v) is 15.3. The number of nitrogens with zero attached hydrogens (tertiary/aromatic N) is 1. The zero-order chi connectivity index (χ0) is 17.6. The Morgan fingerprint density at radius 3 is 2.54 bits per heavy atom. The van der Waals surface area contributed by atoms with Crippen LogP contribution in [0.5, 0.6) is 5.75 Å². The van der Waals surface area contributed by atoms with Crippen LogP contribution in [0.3, 0.4) is 0 Å². The molecule has 2 aromatic rings. The van der Waals surface area contributed by atoms with Crippen molar-refractivity contribution >= 4 is 5.69 Å². The van der Waals surface area contributed by atoms with Gasteiger partial charge >= 0.3 is 0 Å². The van der Waals surface area contributed by atoms with E-state index in [1.165, 1.54) is 24.1 Å². The highest BCUT2D eigenvalue weighted by molar-refractivity contribution is 5.49. The van der Waals surface area contributed by atoms with Gasteiger partial charge in [-0.05, 0) is 48.6 Å². The van der Waals surface area contributed by atoms with E-state index in [1.807, 2.05) is 18.2 Å². The highest BCUT2D eigenvalue weighted by Gasteiger charge is 2.28. The van der Waals surface area contributed by atoms with Gasteiger partial charge in [-0.25, -0.2) is 0 Å². The van der Waals surface area contributed by atoms with Crippen LogP contribution in [-0.2, 0) is 11.3 Å². The van der Waals surface area contributed by atoms with Crippen LogP contribution in [0.25, 0.3) is 0 Å². The minimum absolute atomic E-state index is 0.571. The Kier molecular flexibility index (Phi) is 5.72. The summed E-state index contributed by atoms with van der Waals surface area (Å²) in [6.45, 7) is 5.62. The number of rotatable bonds is 5. The largest absolute Gasteiger partial charge is 0.489 e. The second-order valence-electron chi connectivity index (χ2n) is 7.22. The molecule has 0 aromatic heterocycles. The van der Waals surface area contributed by atoms with Crippen LogP contribution in [0.15, 0.2) is 54.6 Å². The number of hydrogen-bond donors (Lipinski definition) is 1. The molecule has 138 valence electrons. The SMILES string of the molecule is c1ccc(COc2ccc(N3CCNC(C4CCOCC4)C3)cc2)cc1. The Hall–Kier alpha value is -2.04. The van der Waals surface area contributed by atoms with Crippen LogP contribution >= 0.6 is 0 Å². The van der Waals surface area contributed by atoms with Crippen LogP contribution in [0, 0.1) is 5.92 Å². The van der Waals surface area contributed by atoms with Crippen molar-refractivity contribution in [2.75, 3.05) is 37.7 Å². The lowest BCUT2D eigenvalue weighted by Gasteiger charge is -2.40. The normalized spacial score (nSPS) is 21.5. The zero-order valence-electron chi connectivity index (χ0n) is 15.3. The number of anilines is 1. The maximum absolute atomic E-state index is 5.91. The van der Waals surface area contributed by atoms with Gasteiger partial charge in [0.1, 0.15) is 12.4 Å². The molecule has 2 fully saturated rings. The number of benzene rings is 2. The Morgan fingerprint density at radius 1 is 1.00 bits per heavy atom. The van der Waals surface area contributed by atoms with Gasteiger partial charge in [-0.15, -0.1) is 0 Å². The molecule has 1 N–H and O–H groups in total. The van der Waals surface area contributed by atoms with Gasteiger partial charge in [0.25, 0.3) is 0 Å². The van der Waals surface area contributed by atoms with E-state index in [9.17, 15) is 0 Å². The Balaban J connectivity index is 1.33. The quantitative estimate of drug-likeness (QED) is 0.893. The van der Waals surface area contributed by atoms with E-state index in [1.54, 1.807) is 0 Å². The lowest BCUT2D eigenvalue weighted by atomic mass is 9.90. The fourth-order valence-electron chi connectivity index (χ4n) is 3.94. The molecule has 0 radical (unpaired) electrons. The van der Waals surface area contributed by atoms with E-state index >= 15 is 0 Å². The first-order valence-electron chi connectivity index (χ1n) is 9.71. The van der Waals surface area contributed by atoms with Crippen molar-refractivity contribution in [3.63, 3.8) is 0 Å². The second-order valence-corrected chi connectivity index (χ2v) is 7.22. The topological polar surface area (TPSA) is 33.7 Å². The van der Waals surface area contributed by atoms with E-state index < -0.39 is 0 Å². The summed E-state index contributed by atoms with van der Waals surface area (Å²) in [5.41, 5.74) is 2.48. The monoisotopic (exact) mass is 352 g/mol. The molecule has 4 rings (SSSR count). The Bertz CT molecular complexity index is 668. The molecule has 2 aliphatic rings. The second kappa shape index (κ2) is 8.56. The Morgan fingerprint density at radius 2 is 1.77 bits per heavy atom. The van der Waals surface area contributed by atoms with Crippen LogP contribution in [-0.4, -0.2) is 38.9 Å². The summed E-state index contributed by atoms with van der Waals surface area (Å²) in [7, 11) is 0. The minimum Gasteiger partial charge on any atom is -0.489 e. The maximum atomic E-state index is 5.91. The first kappa shape index (κ1) is 17.4. The van der Waals surface area contributed by atoms with Gasteiger partial charge in [0.05, 0.1) is 0 Å². The summed E-state index contributed by atoms with van der Waals surface area (Å²) in [5, 5.41) is 3.72. The van der Waals surface area contributed by atoms with Crippen molar-refractivity contribution in [2.24, 2.45) is 5.92 Å². The van der Waals surface area contributed by atoms with Gasteiger partial charge in [-0.2, -0.15) is 0 Å². The van der Waals surface area contributed by atoms with Gasteiger partial charge in [-0.1, -0.05) is 30.3 Å². The molecule has 4 nitrogen and oxygen atoms in total. The third-order valence-electron chi connectivity index (χ3n) is 5.49. The van der Waals surface area contributed by atoms with E-state index in [2.05, 4.69) is 46.6 Å². The third-order valence-corrected chi connectivity index (χ3v) is 5.49. The molecule has 1 unspecified atom stereocenters. The van der Waals surface area contributed by atoms with Crippen molar-refractivity contribution in [3.05, 3.63) is 60.2 Å². The highest BCUT2D eigenvalue weighted by Crippen LogP contribution is 2.25. The van der Waals surface area contributed by atoms with Crippen LogP contribution in [0.4, 0.5) is 5.69 Å². The van der Waals surface area contributed by atoms with E-state index in [0.717, 1.165) is 44.5 Å². The third kappa shape index (κ3) is 4.37. The number of piperazine rings is 1. The van der Waals surface area contributed by atoms with Gasteiger partial charge < -0.3 is 19.7 Å². The fraction of sp³-hybridized carbons (Fsp3) is 0.455. The Labute approximate surface area is 156 Å². The molecule has 0 amide bonds. The standard InChI is InChI=1S/C22H28N2O2/c1-2-4-18(5-3-1)17-26-21-8-6-20(7-9-21)24-13-12-23-22(16-24)19-10-14-25-15-11-19/h1-9,19,22-23H,10-17H2. The van der Waals surface area contributed by atoms with Crippen molar-refractivity contribution in [2.45, 2.75) is 25.5 Å². The number of ether oxygens (including phenoxy) is 2. The average molecular weight is 352 g/mol. The number of hydrogen-bond acceptors (Lipinski definition) is 4. The molecule has 4 heteroatoms. The minimum atomic E-state index is 0.571. The predicted molar refractivity (Wildman–Crippen MR) is 105 cm³/mol. The molecular formula is C22H28N2O2. The molecule has 2 heterocycles. The molecular weight excluding hydrogens is 324 g/mol. The molecule has 2 saturated heterocycles. The van der Waals surface area contributed by atoms with Crippen LogP contribution < -0.4 is 15.0 Å². The maximum Gasteiger partial charge on any atom is 0.119 e. The molecule has 0 aliphatic carbocycles. The predicted octanol–water partition coefficient (Wildman–Crippen LogP) is 3.47. The lowest BCUT2D eigenvalue weighted by Crippen LogP contribution is -2.54. The first-order chi connectivity index (χ1) is 12.9. The van der Waals surface area contributed by atoms with Crippen molar-refractivity contribution < 1.29 is 9.47 Å². The summed E-state index contributed by atoms with van der Waals surface area (Å²) >= 11 is 0. The molecule has 26 heavy (non-hydrogen) atoms. The van der Waals surface area contributed by atoms with Crippen molar-refractivity contribution in [1.82, 2.24) is 5.32 Å². The van der Waals surface area contributed by atoms with Crippen LogP contribution in [0.1, 0.15) is 18.4 Å². The smallest absolute Gasteiger partial charge is 0.119 e. The highest BCUT2D eigenvalue weighted by atomic mass is 16.5. The lowest BCUT2D eigenvalue weighted by molar-refractivity contribution is 0.0532. The molecule has 2 aliphatic heterocycles. The van der Waals surface area contributed by atoms with E-state index in [-0.39, 0.29) is 0 Å². The molecule has 0 saturated carbocycles.